The van der Waals surface area contributed by atoms with Gasteiger partial charge in [0.25, 0.3) is 11.8 Å². The predicted octanol–water partition coefficient (Wildman–Crippen LogP) is 6.90. The van der Waals surface area contributed by atoms with E-state index in [1.54, 1.807) is 111 Å². The Morgan fingerprint density at radius 3 is 1.85 bits per heavy atom. The molecule has 0 aromatic heterocycles. The van der Waals surface area contributed by atoms with Gasteiger partial charge in [0.1, 0.15) is 30.8 Å². The minimum Gasteiger partial charge on any atom is -0.480 e. The van der Waals surface area contributed by atoms with Crippen molar-refractivity contribution in [1.82, 2.24) is 46.2 Å². The molecule has 0 saturated carbocycles. The molecule has 1 saturated heterocycles. The third kappa shape index (κ3) is 29.4. The summed E-state index contributed by atoms with van der Waals surface area (Å²) < 4.78 is 49.4. The number of nitrogens with zero attached hydrogens (tertiary/aromatic N) is 4. The highest BCUT2D eigenvalue weighted by atomic mass is 19.4. The zero-order valence-corrected chi connectivity index (χ0v) is 65.0. The number of methoxy groups -OCH3 is 2. The van der Waals surface area contributed by atoms with Gasteiger partial charge < -0.3 is 71.9 Å². The molecule has 11 atom stereocenters. The molecule has 12 amide bonds. The number of primary amides is 1. The van der Waals surface area contributed by atoms with E-state index in [-0.39, 0.29) is 117 Å². The van der Waals surface area contributed by atoms with Crippen molar-refractivity contribution in [2.24, 2.45) is 35.3 Å². The fourth-order valence-electron chi connectivity index (χ4n) is 13.2. The summed E-state index contributed by atoms with van der Waals surface area (Å²) in [6.45, 7) is 17.6. The number of likely N-dealkylation sites (tertiary alicyclic amines) is 1. The van der Waals surface area contributed by atoms with Gasteiger partial charge in [-0.15, -0.1) is 0 Å². The summed E-state index contributed by atoms with van der Waals surface area (Å²) in [7, 11) is 6.45. The number of nitrogens with one attached hydrogen (secondary N) is 7. The molecule has 5 rings (SSSR count). The summed E-state index contributed by atoms with van der Waals surface area (Å²) in [4.78, 5) is 174. The first-order chi connectivity index (χ1) is 51.8. The second kappa shape index (κ2) is 45.2. The van der Waals surface area contributed by atoms with Crippen molar-refractivity contribution in [2.75, 3.05) is 58.6 Å². The Balaban J connectivity index is 0.00000347. The summed E-state index contributed by atoms with van der Waals surface area (Å²) in [5, 5.41) is 36.5. The van der Waals surface area contributed by atoms with Crippen LogP contribution in [0, 0.1) is 29.6 Å². The number of hydrogen-bond acceptors (Lipinski definition) is 17. The van der Waals surface area contributed by atoms with Gasteiger partial charge in [-0.1, -0.05) is 130 Å². The number of unbranched alkanes of at least 4 members (excludes halogenated alkanes) is 2. The van der Waals surface area contributed by atoms with Gasteiger partial charge in [-0.2, -0.15) is 13.2 Å². The molecule has 30 nitrogen and oxygen atoms in total. The number of carboxylic acid groups (broad SMARTS) is 2. The van der Waals surface area contributed by atoms with Gasteiger partial charge in [0, 0.05) is 83.8 Å². The van der Waals surface area contributed by atoms with Crippen molar-refractivity contribution in [3.05, 3.63) is 108 Å². The molecule has 3 aromatic rings. The second-order valence-corrected chi connectivity index (χ2v) is 28.7. The number of benzene rings is 3. The molecule has 0 radical (unpaired) electrons. The largest absolute Gasteiger partial charge is 0.490 e. The lowest BCUT2D eigenvalue weighted by Crippen LogP contribution is -2.60. The lowest BCUT2D eigenvalue weighted by atomic mass is 9.89. The van der Waals surface area contributed by atoms with Gasteiger partial charge in [-0.25, -0.2) is 19.2 Å². The molecule has 0 bridgehead atoms. The Bertz CT molecular complexity index is 3610. The number of anilines is 2. The molecule has 110 heavy (non-hydrogen) atoms. The van der Waals surface area contributed by atoms with E-state index in [1.807, 2.05) is 58.6 Å². The van der Waals surface area contributed by atoms with Crippen molar-refractivity contribution in [3.63, 3.8) is 0 Å². The minimum absolute atomic E-state index is 0.0847. The molecule has 2 aliphatic rings. The maximum absolute atomic E-state index is 14.9. The van der Waals surface area contributed by atoms with Crippen LogP contribution in [-0.4, -0.2) is 216 Å². The number of hydrogen-bond donors (Lipinski definition) is 10. The Labute approximate surface area is 640 Å². The van der Waals surface area contributed by atoms with Crippen LogP contribution in [0.2, 0.25) is 0 Å². The van der Waals surface area contributed by atoms with Gasteiger partial charge in [0.2, 0.25) is 41.4 Å². The normalized spacial score (nSPS) is 16.2. The Morgan fingerprint density at radius 2 is 1.29 bits per heavy atom. The van der Waals surface area contributed by atoms with E-state index in [1.165, 1.54) is 26.4 Å². The average Bonchev–Trinajstić information content (AvgIpc) is 1.43. The number of halogens is 3. The van der Waals surface area contributed by atoms with Crippen molar-refractivity contribution >= 4 is 88.6 Å². The third-order valence-electron chi connectivity index (χ3n) is 19.3. The molecule has 2 heterocycles. The molecular formula is C77H111F3N12O18. The number of urea groups is 1. The quantitative estimate of drug-likeness (QED) is 0.0204. The maximum atomic E-state index is 14.9. The maximum Gasteiger partial charge on any atom is 0.490 e. The summed E-state index contributed by atoms with van der Waals surface area (Å²) in [5.74, 6) is -9.66. The van der Waals surface area contributed by atoms with E-state index < -0.39 is 108 Å². The Kier molecular flexibility index (Phi) is 38.0. The number of aliphatic carboxylic acids is 2. The number of ether oxygens (including phenoxy) is 3. The molecule has 608 valence electrons. The Morgan fingerprint density at radius 1 is 0.673 bits per heavy atom. The smallest absolute Gasteiger partial charge is 0.480 e. The molecular weight excluding hydrogens is 1440 g/mol. The summed E-state index contributed by atoms with van der Waals surface area (Å²) in [6.07, 6.45) is -1.16. The summed E-state index contributed by atoms with van der Waals surface area (Å²) in [6, 6.07) is 15.8. The SMILES string of the molecule is CC[C@H](C)[C@@H]([C@@H](CC(=O)N1CCC[C@H]1[C@H](OC)[C@@H](C)C(=O)N[C@@H](Cc1ccccc1)C(=O)O)OC)N(C)C(=O)[C@@H](NC(=O)[C@H](C(C)C)N(C)Cc1cccc(NC(=O)OCc2ccc(NC(=O)[C@H](CCCNC(N)=O)NC(=O)[C@@H](NC(=O)CCCCCN3C(=O)C=CC3=O)C(C)C)cc2)c1)C(C)C.O=C(O)C(F)(F)F. The van der Waals surface area contributed by atoms with Crippen LogP contribution in [0.25, 0.3) is 0 Å². The first kappa shape index (κ1) is 92.4. The van der Waals surface area contributed by atoms with Crippen LogP contribution in [0.1, 0.15) is 143 Å². The molecule has 2 aliphatic heterocycles. The van der Waals surface area contributed by atoms with Gasteiger partial charge in [0.15, 0.2) is 0 Å². The van der Waals surface area contributed by atoms with Crippen LogP contribution in [0.3, 0.4) is 0 Å². The fourth-order valence-corrected chi connectivity index (χ4v) is 13.2. The van der Waals surface area contributed by atoms with Crippen molar-refractivity contribution in [3.8, 4) is 0 Å². The molecule has 0 aliphatic carbocycles. The number of amides is 12. The average molecular weight is 1550 g/mol. The second-order valence-electron chi connectivity index (χ2n) is 28.7. The van der Waals surface area contributed by atoms with Crippen LogP contribution < -0.4 is 43.0 Å². The highest BCUT2D eigenvalue weighted by Gasteiger charge is 2.44. The van der Waals surface area contributed by atoms with Crippen LogP contribution >= 0.6 is 0 Å². The molecule has 33 heteroatoms. The van der Waals surface area contributed by atoms with Crippen molar-refractivity contribution in [1.29, 1.82) is 0 Å². The first-order valence-electron chi connectivity index (χ1n) is 36.9. The van der Waals surface area contributed by atoms with E-state index in [0.717, 1.165) is 16.0 Å². The Hall–Kier alpha value is -10.0. The number of carboxylic acids is 2. The van der Waals surface area contributed by atoms with Gasteiger partial charge in [-0.05, 0) is 110 Å². The fraction of sp³-hybridized carbons (Fsp3) is 0.571. The van der Waals surface area contributed by atoms with E-state index in [9.17, 15) is 75.8 Å². The van der Waals surface area contributed by atoms with Crippen LogP contribution in [0.5, 0.6) is 0 Å². The van der Waals surface area contributed by atoms with E-state index in [2.05, 4.69) is 37.2 Å². The van der Waals surface area contributed by atoms with E-state index in [0.29, 0.717) is 62.0 Å². The highest BCUT2D eigenvalue weighted by molar-refractivity contribution is 6.12. The van der Waals surface area contributed by atoms with Crippen molar-refractivity contribution < 1.29 is 99.9 Å². The standard InChI is InChI=1S/C75H110N12O16.C2HF3O2/c1-14-48(8)66(58(101-12)42-62(91)86-39-23-29-57(86)67(102-13)49(9)68(92)81-56(73(97)98)41-50-24-17-15-18-25-50)85(11)72(96)64(46(4)5)83-71(95)65(47(6)7)84(10)43-52-26-21-27-54(40-52)79-75(100)103-44-51-31-33-53(34-32-51)78-69(93)55(28-22-37-77-74(76)99)80-70(94)63(45(2)3)82-59(88)30-19-16-20-38-87-60(89)35-36-61(87)90;3-2(4,5)1(6)7/h15,17-18,21,24-27,31-36,40,45-49,55-58,63-67H,14,16,19-20,22-23,28-30,37-39,41-44H2,1-13H3,(H,78,93)(H,79,100)(H,80,94)(H,81,92)(H,82,88)(H,83,95)(H,97,98)(H3,76,77,99);(H,6,7)/t48-,49+,55-,56-,57-,58+,63-,64-,65-,66-,67+;/m0./s1. The third-order valence-corrected chi connectivity index (χ3v) is 19.3. The lowest BCUT2D eigenvalue weighted by molar-refractivity contribution is -0.192. The number of carbonyl (C=O) groups is 13. The van der Waals surface area contributed by atoms with Gasteiger partial charge >= 0.3 is 30.2 Å². The number of rotatable bonds is 42. The van der Waals surface area contributed by atoms with Crippen LogP contribution in [-0.2, 0) is 86.5 Å². The molecule has 3 aromatic carbocycles. The van der Waals surface area contributed by atoms with Crippen molar-refractivity contribution in [2.45, 2.75) is 207 Å². The molecule has 0 spiro atoms. The van der Waals surface area contributed by atoms with Gasteiger partial charge in [0.05, 0.1) is 42.7 Å². The summed E-state index contributed by atoms with van der Waals surface area (Å²) >= 11 is 0. The number of nitrogens with two attached hydrogens (primary N) is 1. The molecule has 11 N–H and O–H groups in total. The minimum atomic E-state index is -5.08. The first-order valence-corrected chi connectivity index (χ1v) is 36.9. The summed E-state index contributed by atoms with van der Waals surface area (Å²) in [5.41, 5.74) is 8.12. The monoisotopic (exact) mass is 1550 g/mol. The zero-order chi connectivity index (χ0) is 82.3. The highest BCUT2D eigenvalue weighted by Crippen LogP contribution is 2.31. The number of alkyl halides is 3. The predicted molar refractivity (Wildman–Crippen MR) is 402 cm³/mol. The van der Waals surface area contributed by atoms with Crippen LogP contribution in [0.15, 0.2) is 91.0 Å². The molecule has 0 unspecified atom stereocenters. The van der Waals surface area contributed by atoms with E-state index in [4.69, 9.17) is 29.8 Å². The number of likely N-dealkylation sites (N-methyl/N-ethyl adjacent to an activating group) is 2. The number of imide groups is 1. The topological polar surface area (TPSA) is 413 Å². The van der Waals surface area contributed by atoms with E-state index >= 15 is 0 Å². The van der Waals surface area contributed by atoms with Gasteiger partial charge in [-0.3, -0.25) is 58.3 Å². The van der Waals surface area contributed by atoms with Crippen LogP contribution in [0.4, 0.5) is 34.1 Å². The zero-order valence-electron chi connectivity index (χ0n) is 65.0. The lowest BCUT2D eigenvalue weighted by Gasteiger charge is -2.41. The number of carbonyl (C=O) groups excluding carboxylic acids is 11. The molecule has 1 fully saturated rings.